The van der Waals surface area contributed by atoms with Crippen LogP contribution in [0.2, 0.25) is 0 Å². The van der Waals surface area contributed by atoms with Crippen molar-refractivity contribution in [2.75, 3.05) is 0 Å². The predicted molar refractivity (Wildman–Crippen MR) is 29.4 cm³/mol. The third-order valence-corrected chi connectivity index (χ3v) is 1.30. The zero-order chi connectivity index (χ0) is 5.11. The summed E-state index contributed by atoms with van der Waals surface area (Å²) in [6.45, 7) is 0. The lowest BCUT2D eigenvalue weighted by molar-refractivity contribution is 1.04. The zero-order valence-corrected chi connectivity index (χ0v) is 4.48. The summed E-state index contributed by atoms with van der Waals surface area (Å²) in [4.78, 5) is 0. The van der Waals surface area contributed by atoms with E-state index in [-0.39, 0.29) is 0 Å². The Labute approximate surface area is 47.0 Å². The van der Waals surface area contributed by atoms with Crippen LogP contribution in [0.1, 0.15) is 5.01 Å². The molecule has 0 bridgehead atoms. The van der Waals surface area contributed by atoms with Crippen molar-refractivity contribution in [1.29, 1.82) is 0 Å². The van der Waals surface area contributed by atoms with Crippen molar-refractivity contribution in [2.24, 2.45) is 0 Å². The Morgan fingerprint density at radius 3 is 3.00 bits per heavy atom. The molecule has 1 heterocycles. The third kappa shape index (κ3) is 0.994. The molecule has 0 saturated heterocycles. The van der Waals surface area contributed by atoms with Gasteiger partial charge in [-0.15, -0.1) is 21.5 Å². The molecule has 0 unspecified atom stereocenters. The number of hydrogen-bond donors (Lipinski definition) is 0. The highest BCUT2D eigenvalue weighted by atomic mass is 32.1. The van der Waals surface area contributed by atoms with Crippen LogP contribution in [-0.2, 0) is 6.32 Å². The molecule has 2 nitrogen and oxygen atoms in total. The first-order valence-electron chi connectivity index (χ1n) is 1.88. The summed E-state index contributed by atoms with van der Waals surface area (Å²) in [5.41, 5.74) is 1.67. The van der Waals surface area contributed by atoms with E-state index in [1.54, 1.807) is 5.51 Å². The Bertz CT molecular complexity index is 127. The van der Waals surface area contributed by atoms with Crippen molar-refractivity contribution in [2.45, 2.75) is 6.32 Å². The quantitative estimate of drug-likeness (QED) is 0.482. The minimum Gasteiger partial charge on any atom is -0.147 e. The lowest BCUT2D eigenvalue weighted by Gasteiger charge is -1.74. The first kappa shape index (κ1) is 4.78. The van der Waals surface area contributed by atoms with Gasteiger partial charge in [0.15, 0.2) is 0 Å². The molecule has 0 aromatic carbocycles. The molecule has 1 aromatic rings. The van der Waals surface area contributed by atoms with E-state index in [4.69, 9.17) is 7.85 Å². The minimum atomic E-state index is 0.505. The Kier molecular flexibility index (Phi) is 1.41. The molecule has 0 aliphatic rings. The Morgan fingerprint density at radius 1 is 1.86 bits per heavy atom. The Morgan fingerprint density at radius 2 is 2.71 bits per heavy atom. The second-order valence-corrected chi connectivity index (χ2v) is 1.95. The van der Waals surface area contributed by atoms with Crippen molar-refractivity contribution in [3.05, 3.63) is 10.5 Å². The SMILES string of the molecule is [B]Cc1nncs1. The van der Waals surface area contributed by atoms with Crippen LogP contribution in [0.3, 0.4) is 0 Å². The molecular formula is C3H3BN2S. The average molecular weight is 110 g/mol. The minimum absolute atomic E-state index is 0.505. The zero-order valence-electron chi connectivity index (χ0n) is 3.66. The van der Waals surface area contributed by atoms with Gasteiger partial charge in [0.05, 0.1) is 7.85 Å². The van der Waals surface area contributed by atoms with Gasteiger partial charge in [-0.2, -0.15) is 0 Å². The first-order valence-corrected chi connectivity index (χ1v) is 2.76. The topological polar surface area (TPSA) is 25.8 Å². The average Bonchev–Trinajstić information content (AvgIpc) is 2.14. The molecule has 0 amide bonds. The molecule has 4 heteroatoms. The van der Waals surface area contributed by atoms with E-state index in [9.17, 15) is 0 Å². The molecule has 1 aromatic heterocycles. The summed E-state index contributed by atoms with van der Waals surface area (Å²) in [5.74, 6) is 0. The second-order valence-electron chi connectivity index (χ2n) is 1.04. The highest BCUT2D eigenvalue weighted by Crippen LogP contribution is 1.97. The van der Waals surface area contributed by atoms with Crippen LogP contribution in [0.15, 0.2) is 5.51 Å². The van der Waals surface area contributed by atoms with Gasteiger partial charge < -0.3 is 0 Å². The van der Waals surface area contributed by atoms with Gasteiger partial charge in [-0.1, -0.05) is 0 Å². The van der Waals surface area contributed by atoms with E-state index in [2.05, 4.69) is 10.2 Å². The number of aromatic nitrogens is 2. The Balaban J connectivity index is 2.76. The number of hydrogen-bond acceptors (Lipinski definition) is 3. The van der Waals surface area contributed by atoms with Gasteiger partial charge >= 0.3 is 0 Å². The molecule has 7 heavy (non-hydrogen) atoms. The Hall–Kier alpha value is -0.375. The van der Waals surface area contributed by atoms with Crippen LogP contribution in [0, 0.1) is 0 Å². The van der Waals surface area contributed by atoms with E-state index in [0.717, 1.165) is 5.01 Å². The summed E-state index contributed by atoms with van der Waals surface area (Å²) < 4.78 is 0. The third-order valence-electron chi connectivity index (χ3n) is 0.580. The van der Waals surface area contributed by atoms with E-state index in [1.165, 1.54) is 11.3 Å². The van der Waals surface area contributed by atoms with Crippen molar-refractivity contribution < 1.29 is 0 Å². The first-order chi connectivity index (χ1) is 3.43. The monoisotopic (exact) mass is 110 g/mol. The molecule has 0 saturated carbocycles. The van der Waals surface area contributed by atoms with Gasteiger partial charge in [-0.25, -0.2) is 0 Å². The fraction of sp³-hybridized carbons (Fsp3) is 0.333. The van der Waals surface area contributed by atoms with Gasteiger partial charge in [-0.3, -0.25) is 0 Å². The fourth-order valence-corrected chi connectivity index (χ4v) is 0.691. The van der Waals surface area contributed by atoms with E-state index in [0.29, 0.717) is 6.32 Å². The maximum atomic E-state index is 5.20. The van der Waals surface area contributed by atoms with Crippen LogP contribution >= 0.6 is 11.3 Å². The predicted octanol–water partition coefficient (Wildman–Crippen LogP) is 0.207. The molecule has 1 rings (SSSR count). The largest absolute Gasteiger partial charge is 0.147 e. The molecule has 2 radical (unpaired) electrons. The lowest BCUT2D eigenvalue weighted by Crippen LogP contribution is -1.79. The van der Waals surface area contributed by atoms with Gasteiger partial charge in [0.1, 0.15) is 10.5 Å². The smallest absolute Gasteiger partial charge is 0.108 e. The standard InChI is InChI=1S/C3H3BN2S/c4-1-3-6-5-2-7-3/h2H,1H2. The molecule has 0 aliphatic heterocycles. The maximum absolute atomic E-state index is 5.20. The second kappa shape index (κ2) is 2.07. The molecule has 0 spiro atoms. The highest BCUT2D eigenvalue weighted by Gasteiger charge is 1.86. The number of rotatable bonds is 1. The van der Waals surface area contributed by atoms with Crippen molar-refractivity contribution in [3.63, 3.8) is 0 Å². The summed E-state index contributed by atoms with van der Waals surface area (Å²) >= 11 is 1.48. The van der Waals surface area contributed by atoms with Crippen LogP contribution in [0.4, 0.5) is 0 Å². The molecule has 34 valence electrons. The van der Waals surface area contributed by atoms with Crippen molar-refractivity contribution in [3.8, 4) is 0 Å². The van der Waals surface area contributed by atoms with Crippen LogP contribution in [0.25, 0.3) is 0 Å². The molecule has 0 atom stereocenters. The van der Waals surface area contributed by atoms with Crippen LogP contribution in [0.5, 0.6) is 0 Å². The summed E-state index contributed by atoms with van der Waals surface area (Å²) in [6, 6.07) is 0. The lowest BCUT2D eigenvalue weighted by atomic mass is 10.1. The molecule has 0 N–H and O–H groups in total. The summed E-state index contributed by atoms with van der Waals surface area (Å²) in [5, 5.41) is 8.15. The van der Waals surface area contributed by atoms with E-state index < -0.39 is 0 Å². The molecule has 0 fully saturated rings. The summed E-state index contributed by atoms with van der Waals surface area (Å²) in [6.07, 6.45) is 0.505. The van der Waals surface area contributed by atoms with E-state index in [1.807, 2.05) is 0 Å². The van der Waals surface area contributed by atoms with E-state index >= 15 is 0 Å². The molecular weight excluding hydrogens is 107 g/mol. The van der Waals surface area contributed by atoms with Gasteiger partial charge in [0.2, 0.25) is 0 Å². The van der Waals surface area contributed by atoms with Crippen LogP contribution < -0.4 is 0 Å². The highest BCUT2D eigenvalue weighted by molar-refractivity contribution is 7.09. The summed E-state index contributed by atoms with van der Waals surface area (Å²) in [7, 11) is 5.20. The van der Waals surface area contributed by atoms with Gasteiger partial charge in [-0.05, 0) is 6.32 Å². The normalized spacial score (nSPS) is 9.14. The van der Waals surface area contributed by atoms with Crippen molar-refractivity contribution in [1.82, 2.24) is 10.2 Å². The van der Waals surface area contributed by atoms with Gasteiger partial charge in [0, 0.05) is 0 Å². The van der Waals surface area contributed by atoms with Crippen molar-refractivity contribution >= 4 is 19.2 Å². The maximum Gasteiger partial charge on any atom is 0.108 e. The van der Waals surface area contributed by atoms with Crippen LogP contribution in [-0.4, -0.2) is 18.0 Å². The fourth-order valence-electron chi connectivity index (χ4n) is 0.285. The number of nitrogens with zero attached hydrogens (tertiary/aromatic N) is 2. The van der Waals surface area contributed by atoms with Gasteiger partial charge in [0.25, 0.3) is 0 Å². The molecule has 0 aliphatic carbocycles.